The van der Waals surface area contributed by atoms with E-state index in [-0.39, 0.29) is 6.04 Å². The van der Waals surface area contributed by atoms with E-state index in [4.69, 9.17) is 15.1 Å². The van der Waals surface area contributed by atoms with E-state index in [1.807, 2.05) is 23.2 Å². The van der Waals surface area contributed by atoms with Gasteiger partial charge in [-0.2, -0.15) is 5.10 Å². The molecule has 5 aromatic rings. The van der Waals surface area contributed by atoms with Gasteiger partial charge in [0.15, 0.2) is 0 Å². The number of fused-ring (bicyclic) bond motifs is 1. The normalized spacial score (nSPS) is 15.4. The highest BCUT2D eigenvalue weighted by Crippen LogP contribution is 2.38. The first-order chi connectivity index (χ1) is 17.5. The first-order valence-electron chi connectivity index (χ1n) is 11.8. The first kappa shape index (κ1) is 23.1. The third-order valence-corrected chi connectivity index (χ3v) is 7.49. The number of halogens is 2. The summed E-state index contributed by atoms with van der Waals surface area (Å²) in [5, 5.41) is 8.13. The Kier molecular flexibility index (Phi) is 6.15. The molecule has 1 atom stereocenters. The number of benzene rings is 4. The monoisotopic (exact) mass is 596 g/mol. The molecule has 36 heavy (non-hydrogen) atoms. The molecule has 1 aromatic heterocycles. The summed E-state index contributed by atoms with van der Waals surface area (Å²) >= 11 is 7.11. The molecule has 176 valence electrons. The predicted octanol–water partition coefficient (Wildman–Crippen LogP) is 8.49. The van der Waals surface area contributed by atoms with Gasteiger partial charge in [0.05, 0.1) is 23.0 Å². The number of hydrogen-bond donors (Lipinski definition) is 0. The topological polar surface area (TPSA) is 41.4 Å². The summed E-state index contributed by atoms with van der Waals surface area (Å²) in [6.07, 6.45) is 0.763. The second-order valence-electron chi connectivity index (χ2n) is 8.93. The lowest BCUT2D eigenvalue weighted by Gasteiger charge is -2.23. The van der Waals surface area contributed by atoms with Gasteiger partial charge >= 0.3 is 0 Å². The van der Waals surface area contributed by atoms with Gasteiger partial charge in [-0.3, -0.25) is 0 Å². The van der Waals surface area contributed by atoms with E-state index in [0.29, 0.717) is 5.95 Å². The van der Waals surface area contributed by atoms with Gasteiger partial charge in [0.1, 0.15) is 0 Å². The zero-order valence-electron chi connectivity index (χ0n) is 19.6. The summed E-state index contributed by atoms with van der Waals surface area (Å²) < 4.78 is 2.10. The standard InChI is InChI=1S/C30H22Br2N4/c1-19-7-16-26-25(17-19)29(22-5-3-2-4-6-22)34-30(33-26)36-28(21-10-14-24(32)15-11-21)18-27(35-36)20-8-12-23(31)13-9-20/h2-17,28H,18H2,1H3/t28-/m1/s1. The Hall–Kier alpha value is -3.35. The second-order valence-corrected chi connectivity index (χ2v) is 10.8. The molecular weight excluding hydrogens is 576 g/mol. The number of aryl methyl sites for hydroxylation is 1. The molecule has 0 bridgehead atoms. The van der Waals surface area contributed by atoms with Crippen LogP contribution in [0.25, 0.3) is 22.2 Å². The van der Waals surface area contributed by atoms with E-state index in [2.05, 4.69) is 118 Å². The van der Waals surface area contributed by atoms with Gasteiger partial charge in [-0.25, -0.2) is 15.0 Å². The van der Waals surface area contributed by atoms with E-state index in [1.165, 1.54) is 11.1 Å². The molecule has 2 heterocycles. The molecule has 0 N–H and O–H groups in total. The van der Waals surface area contributed by atoms with Crippen molar-refractivity contribution in [2.24, 2.45) is 5.10 Å². The molecule has 4 nitrogen and oxygen atoms in total. The van der Waals surface area contributed by atoms with Crippen molar-refractivity contribution in [3.63, 3.8) is 0 Å². The number of hydrogen-bond acceptors (Lipinski definition) is 4. The molecule has 0 unspecified atom stereocenters. The van der Waals surface area contributed by atoms with Gasteiger partial charge in [-0.15, -0.1) is 0 Å². The van der Waals surface area contributed by atoms with Crippen LogP contribution in [0.15, 0.2) is 111 Å². The van der Waals surface area contributed by atoms with Crippen molar-refractivity contribution >= 4 is 54.4 Å². The van der Waals surface area contributed by atoms with E-state index in [0.717, 1.165) is 48.8 Å². The minimum absolute atomic E-state index is 0.0109. The Bertz CT molecular complexity index is 1580. The average Bonchev–Trinajstić information content (AvgIpc) is 3.35. The van der Waals surface area contributed by atoms with Crippen LogP contribution in [-0.4, -0.2) is 15.7 Å². The van der Waals surface area contributed by atoms with Gasteiger partial charge in [0.25, 0.3) is 0 Å². The minimum atomic E-state index is -0.0109. The van der Waals surface area contributed by atoms with Crippen molar-refractivity contribution < 1.29 is 0 Å². The van der Waals surface area contributed by atoms with Crippen molar-refractivity contribution in [1.29, 1.82) is 0 Å². The molecule has 6 heteroatoms. The molecule has 0 saturated heterocycles. The van der Waals surface area contributed by atoms with E-state index < -0.39 is 0 Å². The summed E-state index contributed by atoms with van der Waals surface area (Å²) in [5.74, 6) is 0.602. The SMILES string of the molecule is Cc1ccc2nc(N3N=C(c4ccc(Br)cc4)C[C@@H]3c3ccc(Br)cc3)nc(-c3ccccc3)c2c1. The maximum absolute atomic E-state index is 5.12. The number of rotatable bonds is 4. The lowest BCUT2D eigenvalue weighted by molar-refractivity contribution is 0.689. The van der Waals surface area contributed by atoms with E-state index in [1.54, 1.807) is 0 Å². The van der Waals surface area contributed by atoms with Gasteiger partial charge in [-0.05, 0) is 54.4 Å². The summed E-state index contributed by atoms with van der Waals surface area (Å²) in [5.41, 5.74) is 7.36. The molecule has 0 saturated carbocycles. The largest absolute Gasteiger partial charge is 0.247 e. The summed E-state index contributed by atoms with van der Waals surface area (Å²) in [7, 11) is 0. The van der Waals surface area contributed by atoms with Gasteiger partial charge in [-0.1, -0.05) is 98.1 Å². The zero-order valence-corrected chi connectivity index (χ0v) is 22.7. The fourth-order valence-corrected chi connectivity index (χ4v) is 5.13. The van der Waals surface area contributed by atoms with E-state index >= 15 is 0 Å². The van der Waals surface area contributed by atoms with Crippen LogP contribution in [0.5, 0.6) is 0 Å². The lowest BCUT2D eigenvalue weighted by atomic mass is 9.98. The third kappa shape index (κ3) is 4.47. The predicted molar refractivity (Wildman–Crippen MR) is 154 cm³/mol. The molecule has 0 aliphatic carbocycles. The van der Waals surface area contributed by atoms with Crippen LogP contribution in [0.4, 0.5) is 5.95 Å². The van der Waals surface area contributed by atoms with Crippen LogP contribution in [0.3, 0.4) is 0 Å². The molecule has 0 radical (unpaired) electrons. The van der Waals surface area contributed by atoms with Crippen LogP contribution < -0.4 is 5.01 Å². The van der Waals surface area contributed by atoms with E-state index in [9.17, 15) is 0 Å². The molecule has 4 aromatic carbocycles. The number of aromatic nitrogens is 2. The first-order valence-corrected chi connectivity index (χ1v) is 13.4. The lowest BCUT2D eigenvalue weighted by Crippen LogP contribution is -2.21. The fourth-order valence-electron chi connectivity index (χ4n) is 4.60. The van der Waals surface area contributed by atoms with Gasteiger partial charge in [0, 0.05) is 26.3 Å². The highest BCUT2D eigenvalue weighted by atomic mass is 79.9. The number of hydrazone groups is 1. The van der Waals surface area contributed by atoms with Crippen LogP contribution in [0, 0.1) is 6.92 Å². The third-order valence-electron chi connectivity index (χ3n) is 6.43. The van der Waals surface area contributed by atoms with Crippen molar-refractivity contribution in [3.05, 3.63) is 123 Å². The molecule has 1 aliphatic heterocycles. The highest BCUT2D eigenvalue weighted by molar-refractivity contribution is 9.10. The van der Waals surface area contributed by atoms with Crippen LogP contribution >= 0.6 is 31.9 Å². The Morgan fingerprint density at radius 3 is 2.17 bits per heavy atom. The molecule has 6 rings (SSSR count). The van der Waals surface area contributed by atoms with Crippen molar-refractivity contribution in [2.75, 3.05) is 5.01 Å². The fraction of sp³-hybridized carbons (Fsp3) is 0.100. The highest BCUT2D eigenvalue weighted by Gasteiger charge is 2.32. The molecule has 0 spiro atoms. The van der Waals surface area contributed by atoms with Crippen LogP contribution in [-0.2, 0) is 0 Å². The van der Waals surface area contributed by atoms with Crippen molar-refractivity contribution in [2.45, 2.75) is 19.4 Å². The molecule has 0 amide bonds. The minimum Gasteiger partial charge on any atom is -0.223 e. The summed E-state index contributed by atoms with van der Waals surface area (Å²) in [6, 6.07) is 33.4. The smallest absolute Gasteiger partial charge is 0.223 e. The molecular formula is C30H22Br2N4. The Morgan fingerprint density at radius 1 is 0.750 bits per heavy atom. The van der Waals surface area contributed by atoms with Crippen molar-refractivity contribution in [1.82, 2.24) is 9.97 Å². The van der Waals surface area contributed by atoms with Crippen LogP contribution in [0.1, 0.15) is 29.2 Å². The quantitative estimate of drug-likeness (QED) is 0.208. The van der Waals surface area contributed by atoms with Gasteiger partial charge < -0.3 is 0 Å². The maximum atomic E-state index is 5.12. The zero-order chi connectivity index (χ0) is 24.6. The Labute approximate surface area is 227 Å². The summed E-state index contributed by atoms with van der Waals surface area (Å²) in [6.45, 7) is 2.10. The van der Waals surface area contributed by atoms with Crippen LogP contribution in [0.2, 0.25) is 0 Å². The molecule has 0 fully saturated rings. The second kappa shape index (κ2) is 9.60. The maximum Gasteiger partial charge on any atom is 0.247 e. The van der Waals surface area contributed by atoms with Gasteiger partial charge in [0.2, 0.25) is 5.95 Å². The Balaban J connectivity index is 1.53. The summed E-state index contributed by atoms with van der Waals surface area (Å²) in [4.78, 5) is 10.1. The van der Waals surface area contributed by atoms with Crippen molar-refractivity contribution in [3.8, 4) is 11.3 Å². The Morgan fingerprint density at radius 2 is 1.44 bits per heavy atom. The molecule has 1 aliphatic rings. The average molecular weight is 598 g/mol. The number of nitrogens with zero attached hydrogens (tertiary/aromatic N) is 4. The number of anilines is 1.